The molecule has 1 aromatic carbocycles. The molecule has 0 saturated heterocycles. The Balaban J connectivity index is 2.31. The SMILES string of the molecule is CCCCCNS(=O)(=O)c1ccc2[nH]c(=O)c(=O)[nH]c2c1. The lowest BCUT2D eigenvalue weighted by molar-refractivity contribution is 0.576. The van der Waals surface area contributed by atoms with E-state index < -0.39 is 21.1 Å². The van der Waals surface area contributed by atoms with Crippen LogP contribution in [0, 0.1) is 0 Å². The Kier molecular flexibility index (Phi) is 4.59. The molecule has 7 nitrogen and oxygen atoms in total. The van der Waals surface area contributed by atoms with Gasteiger partial charge < -0.3 is 9.97 Å². The van der Waals surface area contributed by atoms with Gasteiger partial charge >= 0.3 is 11.1 Å². The third kappa shape index (κ3) is 3.59. The van der Waals surface area contributed by atoms with Crippen molar-refractivity contribution in [1.82, 2.24) is 14.7 Å². The largest absolute Gasteiger partial charge is 0.316 e. The van der Waals surface area contributed by atoms with E-state index >= 15 is 0 Å². The van der Waals surface area contributed by atoms with E-state index in [1.54, 1.807) is 0 Å². The van der Waals surface area contributed by atoms with Gasteiger partial charge in [0.1, 0.15) is 0 Å². The van der Waals surface area contributed by atoms with Gasteiger partial charge in [-0.25, -0.2) is 13.1 Å². The number of rotatable bonds is 6. The Morgan fingerprint density at radius 3 is 2.38 bits per heavy atom. The Morgan fingerprint density at radius 1 is 1.05 bits per heavy atom. The number of nitrogens with one attached hydrogen (secondary N) is 3. The van der Waals surface area contributed by atoms with Crippen LogP contribution in [0.25, 0.3) is 11.0 Å². The fourth-order valence-corrected chi connectivity index (χ4v) is 3.03. The van der Waals surface area contributed by atoms with E-state index in [1.165, 1.54) is 18.2 Å². The molecular formula is C13H17N3O4S. The van der Waals surface area contributed by atoms with Crippen molar-refractivity contribution in [3.8, 4) is 0 Å². The lowest BCUT2D eigenvalue weighted by atomic mass is 10.3. The number of hydrogen-bond donors (Lipinski definition) is 3. The monoisotopic (exact) mass is 311 g/mol. The average Bonchev–Trinajstić information content (AvgIpc) is 2.44. The number of benzene rings is 1. The van der Waals surface area contributed by atoms with Gasteiger partial charge in [-0.3, -0.25) is 9.59 Å². The summed E-state index contributed by atoms with van der Waals surface area (Å²) in [5, 5.41) is 0. The Morgan fingerprint density at radius 2 is 1.71 bits per heavy atom. The van der Waals surface area contributed by atoms with Crippen molar-refractivity contribution in [1.29, 1.82) is 0 Å². The number of fused-ring (bicyclic) bond motifs is 1. The van der Waals surface area contributed by atoms with Gasteiger partial charge in [0.15, 0.2) is 0 Å². The van der Waals surface area contributed by atoms with E-state index in [0.717, 1.165) is 19.3 Å². The maximum Gasteiger partial charge on any atom is 0.314 e. The summed E-state index contributed by atoms with van der Waals surface area (Å²) in [7, 11) is -3.62. The zero-order valence-corrected chi connectivity index (χ0v) is 12.4. The van der Waals surface area contributed by atoms with Gasteiger partial charge in [0, 0.05) is 6.54 Å². The minimum absolute atomic E-state index is 0.0502. The van der Waals surface area contributed by atoms with Gasteiger partial charge in [-0.2, -0.15) is 0 Å². The zero-order chi connectivity index (χ0) is 15.5. The van der Waals surface area contributed by atoms with Gasteiger partial charge in [-0.05, 0) is 24.6 Å². The lowest BCUT2D eigenvalue weighted by Crippen LogP contribution is -2.29. The predicted molar refractivity (Wildman–Crippen MR) is 79.9 cm³/mol. The van der Waals surface area contributed by atoms with Crippen molar-refractivity contribution >= 4 is 21.1 Å². The van der Waals surface area contributed by atoms with Crippen LogP contribution in [-0.4, -0.2) is 24.9 Å². The van der Waals surface area contributed by atoms with Crippen molar-refractivity contribution in [2.24, 2.45) is 0 Å². The molecule has 2 aromatic rings. The number of aromatic nitrogens is 2. The third-order valence-electron chi connectivity index (χ3n) is 3.08. The van der Waals surface area contributed by atoms with Crippen LogP contribution >= 0.6 is 0 Å². The Labute approximate surface area is 121 Å². The highest BCUT2D eigenvalue weighted by molar-refractivity contribution is 7.89. The highest BCUT2D eigenvalue weighted by atomic mass is 32.2. The van der Waals surface area contributed by atoms with Gasteiger partial charge in [0.25, 0.3) is 0 Å². The molecule has 0 fully saturated rings. The summed E-state index contributed by atoms with van der Waals surface area (Å²) in [6.07, 6.45) is 2.73. The lowest BCUT2D eigenvalue weighted by Gasteiger charge is -2.07. The molecule has 0 aliphatic carbocycles. The van der Waals surface area contributed by atoms with E-state index in [-0.39, 0.29) is 10.4 Å². The molecule has 0 spiro atoms. The van der Waals surface area contributed by atoms with Crippen molar-refractivity contribution in [2.75, 3.05) is 6.54 Å². The fraction of sp³-hybridized carbons (Fsp3) is 0.385. The summed E-state index contributed by atoms with van der Waals surface area (Å²) >= 11 is 0. The fourth-order valence-electron chi connectivity index (χ4n) is 1.93. The van der Waals surface area contributed by atoms with E-state index in [9.17, 15) is 18.0 Å². The maximum absolute atomic E-state index is 12.1. The number of aromatic amines is 2. The normalized spacial score (nSPS) is 11.9. The van der Waals surface area contributed by atoms with E-state index in [4.69, 9.17) is 0 Å². The molecule has 21 heavy (non-hydrogen) atoms. The number of hydrogen-bond acceptors (Lipinski definition) is 4. The summed E-state index contributed by atoms with van der Waals surface area (Å²) in [5.41, 5.74) is -0.927. The van der Waals surface area contributed by atoms with Crippen LogP contribution in [-0.2, 0) is 10.0 Å². The number of unbranched alkanes of at least 4 members (excludes halogenated alkanes) is 2. The first-order chi connectivity index (χ1) is 9.94. The maximum atomic E-state index is 12.1. The molecule has 3 N–H and O–H groups in total. The van der Waals surface area contributed by atoms with Crippen LogP contribution in [0.15, 0.2) is 32.7 Å². The first-order valence-corrected chi connectivity index (χ1v) is 8.18. The second kappa shape index (κ2) is 6.23. The van der Waals surface area contributed by atoms with Crippen LogP contribution in [0.2, 0.25) is 0 Å². The molecule has 0 amide bonds. The van der Waals surface area contributed by atoms with Crippen molar-refractivity contribution < 1.29 is 8.42 Å². The summed E-state index contributed by atoms with van der Waals surface area (Å²) in [4.78, 5) is 27.2. The second-order valence-electron chi connectivity index (χ2n) is 4.72. The van der Waals surface area contributed by atoms with Gasteiger partial charge in [0.2, 0.25) is 10.0 Å². The molecule has 114 valence electrons. The molecule has 1 aromatic heterocycles. The molecule has 2 rings (SSSR count). The summed E-state index contributed by atoms with van der Waals surface area (Å²) in [6.45, 7) is 2.41. The second-order valence-corrected chi connectivity index (χ2v) is 6.49. The first kappa shape index (κ1) is 15.5. The van der Waals surface area contributed by atoms with Gasteiger partial charge in [-0.15, -0.1) is 0 Å². The van der Waals surface area contributed by atoms with Crippen molar-refractivity contribution in [3.05, 3.63) is 38.9 Å². The Hall–Kier alpha value is -1.93. The third-order valence-corrected chi connectivity index (χ3v) is 4.54. The molecule has 0 radical (unpaired) electrons. The smallest absolute Gasteiger partial charge is 0.314 e. The van der Waals surface area contributed by atoms with Crippen LogP contribution in [0.1, 0.15) is 26.2 Å². The average molecular weight is 311 g/mol. The van der Waals surface area contributed by atoms with E-state index in [0.29, 0.717) is 12.1 Å². The van der Waals surface area contributed by atoms with Crippen LogP contribution in [0.5, 0.6) is 0 Å². The topological polar surface area (TPSA) is 112 Å². The highest BCUT2D eigenvalue weighted by Crippen LogP contribution is 2.14. The van der Waals surface area contributed by atoms with Crippen LogP contribution in [0.3, 0.4) is 0 Å². The molecule has 0 aliphatic rings. The summed E-state index contributed by atoms with van der Waals surface area (Å²) in [6, 6.07) is 4.17. The molecule has 8 heteroatoms. The molecule has 0 bridgehead atoms. The van der Waals surface area contributed by atoms with E-state index in [1.807, 2.05) is 6.92 Å². The van der Waals surface area contributed by atoms with E-state index in [2.05, 4.69) is 14.7 Å². The van der Waals surface area contributed by atoms with Crippen LogP contribution in [0.4, 0.5) is 0 Å². The first-order valence-electron chi connectivity index (χ1n) is 6.70. The van der Waals surface area contributed by atoms with Crippen molar-refractivity contribution in [2.45, 2.75) is 31.1 Å². The molecule has 0 saturated carbocycles. The number of H-pyrrole nitrogens is 2. The molecule has 0 aliphatic heterocycles. The molecule has 1 heterocycles. The highest BCUT2D eigenvalue weighted by Gasteiger charge is 2.14. The summed E-state index contributed by atoms with van der Waals surface area (Å²) < 4.78 is 26.7. The quantitative estimate of drug-likeness (QED) is 0.538. The van der Waals surface area contributed by atoms with Crippen LogP contribution < -0.4 is 15.8 Å². The molecule has 0 unspecified atom stereocenters. The minimum Gasteiger partial charge on any atom is -0.316 e. The molecule has 0 atom stereocenters. The van der Waals surface area contributed by atoms with Crippen molar-refractivity contribution in [3.63, 3.8) is 0 Å². The zero-order valence-electron chi connectivity index (χ0n) is 11.6. The predicted octanol–water partition coefficient (Wildman–Crippen LogP) is 0.685. The van der Waals surface area contributed by atoms with Gasteiger partial charge in [-0.1, -0.05) is 19.8 Å². The standard InChI is InChI=1S/C13H17N3O4S/c1-2-3-4-7-14-21(19,20)9-5-6-10-11(8-9)16-13(18)12(17)15-10/h5-6,8,14H,2-4,7H2,1H3,(H,15,17)(H,16,18). The number of sulfonamides is 1. The Bertz CT molecular complexity index is 852. The molecular weight excluding hydrogens is 294 g/mol. The summed E-state index contributed by atoms with van der Waals surface area (Å²) in [5.74, 6) is 0. The minimum atomic E-state index is -3.62. The van der Waals surface area contributed by atoms with Gasteiger partial charge in [0.05, 0.1) is 15.9 Å².